The Morgan fingerprint density at radius 3 is 2.69 bits per heavy atom. The van der Waals surface area contributed by atoms with Crippen LogP contribution in [0.25, 0.3) is 20.2 Å². The van der Waals surface area contributed by atoms with Crippen molar-refractivity contribution in [1.82, 2.24) is 15.1 Å². The first-order valence-corrected chi connectivity index (χ1v) is 11.0. The summed E-state index contributed by atoms with van der Waals surface area (Å²) in [6.45, 7) is 4.16. The predicted molar refractivity (Wildman–Crippen MR) is 121 cm³/mol. The Morgan fingerprint density at radius 1 is 1.21 bits per heavy atom. The summed E-state index contributed by atoms with van der Waals surface area (Å²) in [7, 11) is 0. The van der Waals surface area contributed by atoms with Crippen molar-refractivity contribution in [3.63, 3.8) is 0 Å². The van der Waals surface area contributed by atoms with Gasteiger partial charge in [-0.2, -0.15) is 5.10 Å². The maximum atomic E-state index is 13.3. The summed E-state index contributed by atoms with van der Waals surface area (Å²) in [5.74, 6) is -0.212. The van der Waals surface area contributed by atoms with Gasteiger partial charge < -0.3 is 5.32 Å². The summed E-state index contributed by atoms with van der Waals surface area (Å²) in [6.07, 6.45) is 0.474. The van der Waals surface area contributed by atoms with Crippen LogP contribution in [-0.2, 0) is 11.3 Å². The van der Waals surface area contributed by atoms with Crippen molar-refractivity contribution < 1.29 is 4.79 Å². The summed E-state index contributed by atoms with van der Waals surface area (Å²) in [5.41, 5.74) is 1.52. The number of nitrogens with one attached hydrogen (secondary N) is 1. The molecule has 0 saturated carbocycles. The van der Waals surface area contributed by atoms with Crippen LogP contribution in [0.5, 0.6) is 0 Å². The predicted octanol–water partition coefficient (Wildman–Crippen LogP) is 4.95. The number of benzene rings is 2. The lowest BCUT2D eigenvalue weighted by molar-refractivity contribution is -0.125. The van der Waals surface area contributed by atoms with Crippen LogP contribution in [0.1, 0.15) is 30.6 Å². The molecule has 0 aliphatic heterocycles. The van der Waals surface area contributed by atoms with Crippen molar-refractivity contribution in [3.05, 3.63) is 74.6 Å². The minimum absolute atomic E-state index is 0.212. The zero-order valence-corrected chi connectivity index (χ0v) is 18.5. The smallest absolute Gasteiger partial charge is 0.276 e. The molecule has 1 N–H and O–H groups in total. The standard InChI is InChI=1S/C22H20BrN3O2S/c1-3-17(21(27)24-12-14-8-4-6-10-16(14)23)26-22(28)19-15-9-5-7-11-18(15)29-20(19)13(2)25-26/h4-11,17H,3,12H2,1-2H3,(H,24,27). The third kappa shape index (κ3) is 3.60. The van der Waals surface area contributed by atoms with Crippen molar-refractivity contribution in [3.8, 4) is 0 Å². The number of aryl methyl sites for hydroxylation is 1. The van der Waals surface area contributed by atoms with E-state index in [1.807, 2.05) is 62.4 Å². The third-order valence-electron chi connectivity index (χ3n) is 5.00. The summed E-state index contributed by atoms with van der Waals surface area (Å²) < 4.78 is 4.22. The number of carbonyl (C=O) groups is 1. The molecule has 2 aromatic carbocycles. The van der Waals surface area contributed by atoms with Gasteiger partial charge in [-0.05, 0) is 31.0 Å². The number of carbonyl (C=O) groups excluding carboxylic acids is 1. The van der Waals surface area contributed by atoms with Crippen molar-refractivity contribution >= 4 is 53.3 Å². The second-order valence-electron chi connectivity index (χ2n) is 6.87. The second-order valence-corrected chi connectivity index (χ2v) is 8.78. The molecule has 0 bridgehead atoms. The average molecular weight is 470 g/mol. The first kappa shape index (κ1) is 19.8. The topological polar surface area (TPSA) is 64.0 Å². The highest BCUT2D eigenvalue weighted by Crippen LogP contribution is 2.33. The Bertz CT molecular complexity index is 1280. The van der Waals surface area contributed by atoms with Gasteiger partial charge in [-0.15, -0.1) is 11.3 Å². The van der Waals surface area contributed by atoms with E-state index in [1.54, 1.807) is 11.3 Å². The molecule has 148 valence electrons. The lowest BCUT2D eigenvalue weighted by Crippen LogP contribution is -2.38. The number of hydrogen-bond acceptors (Lipinski definition) is 4. The number of amides is 1. The zero-order valence-electron chi connectivity index (χ0n) is 16.1. The molecular formula is C22H20BrN3O2S. The Morgan fingerprint density at radius 2 is 1.93 bits per heavy atom. The van der Waals surface area contributed by atoms with E-state index >= 15 is 0 Å². The number of hydrogen-bond donors (Lipinski definition) is 1. The van der Waals surface area contributed by atoms with E-state index in [-0.39, 0.29) is 11.5 Å². The maximum Gasteiger partial charge on any atom is 0.276 e. The first-order valence-electron chi connectivity index (χ1n) is 9.43. The Labute approximate surface area is 180 Å². The van der Waals surface area contributed by atoms with E-state index in [1.165, 1.54) is 4.68 Å². The third-order valence-corrected chi connectivity index (χ3v) is 7.05. The fraction of sp³-hybridized carbons (Fsp3) is 0.227. The molecule has 2 aromatic heterocycles. The maximum absolute atomic E-state index is 13.3. The van der Waals surface area contributed by atoms with E-state index in [2.05, 4.69) is 26.3 Å². The Kier molecular flexibility index (Phi) is 5.52. The largest absolute Gasteiger partial charge is 0.350 e. The lowest BCUT2D eigenvalue weighted by atomic mass is 10.1. The minimum Gasteiger partial charge on any atom is -0.350 e. The van der Waals surface area contributed by atoms with Gasteiger partial charge in [-0.25, -0.2) is 4.68 Å². The molecule has 2 heterocycles. The van der Waals surface area contributed by atoms with E-state index < -0.39 is 6.04 Å². The van der Waals surface area contributed by atoms with E-state index in [0.717, 1.165) is 30.5 Å². The molecular weight excluding hydrogens is 450 g/mol. The highest BCUT2D eigenvalue weighted by molar-refractivity contribution is 9.10. The van der Waals surface area contributed by atoms with Crippen LogP contribution in [0.15, 0.2) is 57.8 Å². The van der Waals surface area contributed by atoms with Crippen LogP contribution in [0.2, 0.25) is 0 Å². The summed E-state index contributed by atoms with van der Waals surface area (Å²) >= 11 is 5.06. The fourth-order valence-corrected chi connectivity index (χ4v) is 5.06. The molecule has 5 nitrogen and oxygen atoms in total. The number of aromatic nitrogens is 2. The van der Waals surface area contributed by atoms with Gasteiger partial charge in [0, 0.05) is 21.1 Å². The van der Waals surface area contributed by atoms with Crippen molar-refractivity contribution in [2.75, 3.05) is 0 Å². The van der Waals surface area contributed by atoms with Crippen LogP contribution in [0.3, 0.4) is 0 Å². The number of rotatable bonds is 5. The SMILES string of the molecule is CCC(C(=O)NCc1ccccc1Br)n1nc(C)c2sc3ccccc3c2c1=O. The fourth-order valence-electron chi connectivity index (χ4n) is 3.50. The highest BCUT2D eigenvalue weighted by Gasteiger charge is 2.24. The molecule has 7 heteroatoms. The molecule has 0 aliphatic carbocycles. The summed E-state index contributed by atoms with van der Waals surface area (Å²) in [6, 6.07) is 14.9. The summed E-state index contributed by atoms with van der Waals surface area (Å²) in [5, 5.41) is 9.02. The number of nitrogens with zero attached hydrogens (tertiary/aromatic N) is 2. The molecule has 4 aromatic rings. The zero-order chi connectivity index (χ0) is 20.5. The molecule has 0 saturated heterocycles. The molecule has 0 radical (unpaired) electrons. The van der Waals surface area contributed by atoms with Crippen LogP contribution in [0.4, 0.5) is 0 Å². The van der Waals surface area contributed by atoms with E-state index in [4.69, 9.17) is 0 Å². The van der Waals surface area contributed by atoms with Gasteiger partial charge in [0.15, 0.2) is 0 Å². The van der Waals surface area contributed by atoms with Gasteiger partial charge in [0.1, 0.15) is 6.04 Å². The molecule has 1 atom stereocenters. The molecule has 1 amide bonds. The normalized spacial score (nSPS) is 12.4. The molecule has 4 rings (SSSR count). The Balaban J connectivity index is 1.72. The lowest BCUT2D eigenvalue weighted by Gasteiger charge is -2.18. The molecule has 0 fully saturated rings. The summed E-state index contributed by atoms with van der Waals surface area (Å²) in [4.78, 5) is 26.2. The van der Waals surface area contributed by atoms with Gasteiger partial charge >= 0.3 is 0 Å². The van der Waals surface area contributed by atoms with Gasteiger partial charge in [0.25, 0.3) is 5.56 Å². The van der Waals surface area contributed by atoms with E-state index in [0.29, 0.717) is 18.4 Å². The molecule has 0 aliphatic rings. The second kappa shape index (κ2) is 8.08. The number of halogens is 1. The monoisotopic (exact) mass is 469 g/mol. The molecule has 1 unspecified atom stereocenters. The first-order chi connectivity index (χ1) is 14.0. The Hall–Kier alpha value is -2.51. The van der Waals surface area contributed by atoms with Crippen molar-refractivity contribution in [2.24, 2.45) is 0 Å². The van der Waals surface area contributed by atoms with E-state index in [9.17, 15) is 9.59 Å². The average Bonchev–Trinajstić information content (AvgIpc) is 3.12. The van der Waals surface area contributed by atoms with Gasteiger partial charge in [-0.3, -0.25) is 9.59 Å². The minimum atomic E-state index is -0.660. The number of fused-ring (bicyclic) bond motifs is 3. The van der Waals surface area contributed by atoms with Crippen LogP contribution < -0.4 is 10.9 Å². The quantitative estimate of drug-likeness (QED) is 0.449. The molecule has 29 heavy (non-hydrogen) atoms. The highest BCUT2D eigenvalue weighted by atomic mass is 79.9. The van der Waals surface area contributed by atoms with Gasteiger partial charge in [0.2, 0.25) is 5.91 Å². The number of thiophene rings is 1. The van der Waals surface area contributed by atoms with Crippen molar-refractivity contribution in [1.29, 1.82) is 0 Å². The van der Waals surface area contributed by atoms with Crippen molar-refractivity contribution in [2.45, 2.75) is 32.9 Å². The van der Waals surface area contributed by atoms with Crippen LogP contribution >= 0.6 is 27.3 Å². The van der Waals surface area contributed by atoms with Gasteiger partial charge in [0.05, 0.1) is 15.8 Å². The molecule has 0 spiro atoms. The van der Waals surface area contributed by atoms with Gasteiger partial charge in [-0.1, -0.05) is 59.3 Å². The van der Waals surface area contributed by atoms with Crippen LogP contribution in [-0.4, -0.2) is 15.7 Å². The van der Waals surface area contributed by atoms with Crippen LogP contribution in [0, 0.1) is 6.92 Å².